The number of benzene rings is 1. The highest BCUT2D eigenvalue weighted by Crippen LogP contribution is 2.26. The third-order valence-electron chi connectivity index (χ3n) is 3.58. The van der Waals surface area contributed by atoms with Gasteiger partial charge in [-0.1, -0.05) is 49.6 Å². The zero-order chi connectivity index (χ0) is 14.1. The highest BCUT2D eigenvalue weighted by molar-refractivity contribution is 5.27. The van der Waals surface area contributed by atoms with Crippen LogP contribution in [0.2, 0.25) is 0 Å². The van der Waals surface area contributed by atoms with Gasteiger partial charge in [-0.25, -0.2) is 0 Å². The van der Waals surface area contributed by atoms with Gasteiger partial charge in [-0.05, 0) is 41.8 Å². The molecule has 1 aromatic rings. The summed E-state index contributed by atoms with van der Waals surface area (Å²) in [7, 11) is 0. The van der Waals surface area contributed by atoms with Gasteiger partial charge in [0.2, 0.25) is 0 Å². The Morgan fingerprint density at radius 3 is 2.37 bits per heavy atom. The summed E-state index contributed by atoms with van der Waals surface area (Å²) in [6.07, 6.45) is 3.53. The van der Waals surface area contributed by atoms with E-state index >= 15 is 0 Å². The Morgan fingerprint density at radius 1 is 1.21 bits per heavy atom. The summed E-state index contributed by atoms with van der Waals surface area (Å²) < 4.78 is 0. The highest BCUT2D eigenvalue weighted by Gasteiger charge is 2.10. The molecule has 0 aliphatic carbocycles. The summed E-state index contributed by atoms with van der Waals surface area (Å²) in [6.45, 7) is 4.58. The summed E-state index contributed by atoms with van der Waals surface area (Å²) in [6, 6.07) is 8.23. The molecule has 0 saturated carbocycles. The van der Waals surface area contributed by atoms with Gasteiger partial charge in [0.15, 0.2) is 0 Å². The van der Waals surface area contributed by atoms with Crippen LogP contribution in [0, 0.1) is 0 Å². The number of unbranched alkanes of at least 4 members (excludes halogenated alkanes) is 1. The van der Waals surface area contributed by atoms with Crippen molar-refractivity contribution in [2.75, 3.05) is 6.61 Å². The van der Waals surface area contributed by atoms with Crippen molar-refractivity contribution in [3.8, 4) is 0 Å². The fraction of sp³-hybridized carbons (Fsp3) is 0.600. The van der Waals surface area contributed by atoms with Crippen LogP contribution in [0.3, 0.4) is 0 Å². The molecule has 0 aliphatic rings. The van der Waals surface area contributed by atoms with Gasteiger partial charge in [-0.3, -0.25) is 0 Å². The minimum Gasteiger partial charge on any atom is -0.396 e. The molecule has 0 aliphatic heterocycles. The van der Waals surface area contributed by atoms with E-state index in [4.69, 9.17) is 10.6 Å². The lowest BCUT2D eigenvalue weighted by Crippen LogP contribution is -1.98. The van der Waals surface area contributed by atoms with E-state index in [-0.39, 0.29) is 12.6 Å². The summed E-state index contributed by atoms with van der Waals surface area (Å²) >= 11 is 0. The molecule has 0 aromatic heterocycles. The molecule has 0 bridgehead atoms. The molecule has 0 saturated heterocycles. The van der Waals surface area contributed by atoms with Crippen LogP contribution in [-0.2, 0) is 0 Å². The zero-order valence-corrected chi connectivity index (χ0v) is 11.8. The predicted molar refractivity (Wildman–Crippen MR) is 78.0 cm³/mol. The Morgan fingerprint density at radius 2 is 1.84 bits per heavy atom. The Bertz CT molecular complexity index is 410. The molecule has 4 heteroatoms. The first-order chi connectivity index (χ1) is 9.22. The van der Waals surface area contributed by atoms with Crippen molar-refractivity contribution in [1.82, 2.24) is 0 Å². The van der Waals surface area contributed by atoms with Crippen LogP contribution in [0.25, 0.3) is 10.4 Å². The first-order valence-corrected chi connectivity index (χ1v) is 6.97. The second kappa shape index (κ2) is 8.57. The lowest BCUT2D eigenvalue weighted by atomic mass is 9.95. The van der Waals surface area contributed by atoms with Crippen LogP contribution in [0.5, 0.6) is 0 Å². The minimum absolute atomic E-state index is 0.123. The van der Waals surface area contributed by atoms with Crippen LogP contribution in [0.15, 0.2) is 29.4 Å². The number of rotatable bonds is 8. The van der Waals surface area contributed by atoms with Gasteiger partial charge in [-0.2, -0.15) is 0 Å². The molecule has 0 fully saturated rings. The number of azide groups is 1. The van der Waals surface area contributed by atoms with E-state index in [0.717, 1.165) is 31.2 Å². The summed E-state index contributed by atoms with van der Waals surface area (Å²) in [5, 5.41) is 12.7. The third kappa shape index (κ3) is 4.93. The van der Waals surface area contributed by atoms with E-state index in [1.807, 2.05) is 0 Å². The van der Waals surface area contributed by atoms with E-state index in [9.17, 15) is 0 Å². The Hall–Kier alpha value is -1.51. The molecular formula is C15H23N3O. The monoisotopic (exact) mass is 261 g/mol. The maximum absolute atomic E-state index is 8.80. The first kappa shape index (κ1) is 15.5. The van der Waals surface area contributed by atoms with Crippen molar-refractivity contribution in [2.45, 2.75) is 51.5 Å². The molecule has 104 valence electrons. The highest BCUT2D eigenvalue weighted by atomic mass is 16.2. The van der Waals surface area contributed by atoms with Crippen molar-refractivity contribution >= 4 is 0 Å². The van der Waals surface area contributed by atoms with Crippen LogP contribution >= 0.6 is 0 Å². The van der Waals surface area contributed by atoms with Gasteiger partial charge >= 0.3 is 0 Å². The molecule has 19 heavy (non-hydrogen) atoms. The van der Waals surface area contributed by atoms with Crippen molar-refractivity contribution < 1.29 is 5.11 Å². The topological polar surface area (TPSA) is 69.0 Å². The van der Waals surface area contributed by atoms with E-state index in [2.05, 4.69) is 48.1 Å². The predicted octanol–water partition coefficient (Wildman–Crippen LogP) is 4.71. The standard InChI is InChI=1S/C15H23N3O/c1-3-12(2)13-7-9-14(10-8-13)15(17-18-16)6-4-5-11-19/h7-10,12,15,19H,3-6,11H2,1-2H3. The number of aliphatic hydroxyl groups is 1. The third-order valence-corrected chi connectivity index (χ3v) is 3.58. The van der Waals surface area contributed by atoms with Gasteiger partial charge in [-0.15, -0.1) is 0 Å². The normalized spacial score (nSPS) is 13.6. The molecule has 1 rings (SSSR count). The average molecular weight is 261 g/mol. The van der Waals surface area contributed by atoms with E-state index in [1.54, 1.807) is 0 Å². The Kier molecular flexibility index (Phi) is 7.01. The SMILES string of the molecule is CCC(C)c1ccc(C(CCCCO)N=[N+]=[N-])cc1. The zero-order valence-electron chi connectivity index (χ0n) is 11.8. The molecule has 1 aromatic carbocycles. The number of hydrogen-bond acceptors (Lipinski definition) is 2. The maximum Gasteiger partial charge on any atom is 0.0625 e. The van der Waals surface area contributed by atoms with Crippen molar-refractivity contribution in [3.05, 3.63) is 45.8 Å². The number of nitrogens with zero attached hydrogens (tertiary/aromatic N) is 3. The molecule has 1 N–H and O–H groups in total. The molecule has 0 amide bonds. The first-order valence-electron chi connectivity index (χ1n) is 6.97. The van der Waals surface area contributed by atoms with Crippen LogP contribution in [-0.4, -0.2) is 11.7 Å². The Labute approximate surface area is 115 Å². The summed E-state index contributed by atoms with van der Waals surface area (Å²) in [5.74, 6) is 0.557. The van der Waals surface area contributed by atoms with Gasteiger partial charge in [0.1, 0.15) is 0 Å². The molecule has 2 atom stereocenters. The van der Waals surface area contributed by atoms with Gasteiger partial charge in [0.05, 0.1) is 6.04 Å². The largest absolute Gasteiger partial charge is 0.396 e. The Balaban J connectivity index is 2.76. The average Bonchev–Trinajstić information content (AvgIpc) is 2.46. The fourth-order valence-electron chi connectivity index (χ4n) is 2.09. The molecule has 4 nitrogen and oxygen atoms in total. The molecule has 0 spiro atoms. The summed E-state index contributed by atoms with van der Waals surface area (Å²) in [4.78, 5) is 2.93. The van der Waals surface area contributed by atoms with Crippen LogP contribution < -0.4 is 0 Å². The lowest BCUT2D eigenvalue weighted by Gasteiger charge is -2.14. The smallest absolute Gasteiger partial charge is 0.0625 e. The quantitative estimate of drug-likeness (QED) is 0.313. The second-order valence-corrected chi connectivity index (χ2v) is 4.92. The van der Waals surface area contributed by atoms with E-state index in [1.165, 1.54) is 5.56 Å². The summed E-state index contributed by atoms with van der Waals surface area (Å²) in [5.41, 5.74) is 11.0. The minimum atomic E-state index is -0.123. The van der Waals surface area contributed by atoms with Crippen LogP contribution in [0.4, 0.5) is 0 Å². The van der Waals surface area contributed by atoms with Gasteiger partial charge in [0, 0.05) is 11.5 Å². The van der Waals surface area contributed by atoms with Gasteiger partial charge in [0.25, 0.3) is 0 Å². The van der Waals surface area contributed by atoms with Crippen molar-refractivity contribution in [1.29, 1.82) is 0 Å². The van der Waals surface area contributed by atoms with Crippen LogP contribution in [0.1, 0.15) is 62.6 Å². The second-order valence-electron chi connectivity index (χ2n) is 4.92. The van der Waals surface area contributed by atoms with E-state index < -0.39 is 0 Å². The maximum atomic E-state index is 8.80. The molecule has 0 radical (unpaired) electrons. The van der Waals surface area contributed by atoms with Crippen molar-refractivity contribution in [2.24, 2.45) is 5.11 Å². The fourth-order valence-corrected chi connectivity index (χ4v) is 2.09. The lowest BCUT2D eigenvalue weighted by molar-refractivity contribution is 0.281. The number of hydrogen-bond donors (Lipinski definition) is 1. The van der Waals surface area contributed by atoms with Gasteiger partial charge < -0.3 is 5.11 Å². The number of aliphatic hydroxyl groups excluding tert-OH is 1. The molecule has 2 unspecified atom stereocenters. The molecule has 0 heterocycles. The van der Waals surface area contributed by atoms with E-state index in [0.29, 0.717) is 5.92 Å². The molecular weight excluding hydrogens is 238 g/mol. The van der Waals surface area contributed by atoms with Crippen molar-refractivity contribution in [3.63, 3.8) is 0 Å².